The van der Waals surface area contributed by atoms with Gasteiger partial charge in [-0.05, 0) is 42.6 Å². The summed E-state index contributed by atoms with van der Waals surface area (Å²) in [6, 6.07) is 4.96. The molecule has 142 valence electrons. The van der Waals surface area contributed by atoms with Crippen LogP contribution in [0.4, 0.5) is 20.6 Å². The second-order valence-corrected chi connectivity index (χ2v) is 7.80. The molecule has 0 unspecified atom stereocenters. The molecule has 0 aromatic heterocycles. The van der Waals surface area contributed by atoms with Crippen LogP contribution < -0.4 is 20.4 Å². The van der Waals surface area contributed by atoms with E-state index in [1.165, 1.54) is 11.0 Å². The average molecular weight is 399 g/mol. The van der Waals surface area contributed by atoms with Gasteiger partial charge in [0, 0.05) is 25.9 Å². The van der Waals surface area contributed by atoms with E-state index < -0.39 is 6.09 Å². The van der Waals surface area contributed by atoms with E-state index in [1.54, 1.807) is 19.2 Å². The third-order valence-electron chi connectivity index (χ3n) is 4.40. The number of hydrogen-bond donors (Lipinski definition) is 2. The fraction of sp³-hybridized carbons (Fsp3) is 0.529. The van der Waals surface area contributed by atoms with Gasteiger partial charge in [0.05, 0.1) is 24.5 Å². The summed E-state index contributed by atoms with van der Waals surface area (Å²) in [5.74, 6) is 1.81. The highest BCUT2D eigenvalue weighted by molar-refractivity contribution is 7.99. The van der Waals surface area contributed by atoms with E-state index in [-0.39, 0.29) is 11.9 Å². The van der Waals surface area contributed by atoms with Crippen LogP contribution in [0.1, 0.15) is 6.42 Å². The van der Waals surface area contributed by atoms with Gasteiger partial charge in [-0.2, -0.15) is 11.8 Å². The lowest BCUT2D eigenvalue weighted by Crippen LogP contribution is -2.39. The zero-order valence-electron chi connectivity index (χ0n) is 14.7. The van der Waals surface area contributed by atoms with E-state index in [9.17, 15) is 9.18 Å². The van der Waals surface area contributed by atoms with Gasteiger partial charge in [-0.1, -0.05) is 0 Å². The predicted molar refractivity (Wildman–Crippen MR) is 108 cm³/mol. The van der Waals surface area contributed by atoms with Crippen LogP contribution in [0.5, 0.6) is 0 Å². The quantitative estimate of drug-likeness (QED) is 0.754. The molecule has 1 amide bonds. The molecule has 2 aliphatic rings. The number of ether oxygens (including phenoxy) is 1. The van der Waals surface area contributed by atoms with Crippen LogP contribution in [0.25, 0.3) is 0 Å². The number of thioether (sulfide) groups is 1. The molecule has 0 saturated carbocycles. The fourth-order valence-electron chi connectivity index (χ4n) is 3.04. The predicted octanol–water partition coefficient (Wildman–Crippen LogP) is 2.19. The molecule has 1 aromatic carbocycles. The van der Waals surface area contributed by atoms with Gasteiger partial charge in [-0.15, -0.1) is 0 Å². The summed E-state index contributed by atoms with van der Waals surface area (Å²) in [5, 5.41) is 6.26. The van der Waals surface area contributed by atoms with E-state index in [0.29, 0.717) is 29.6 Å². The topological polar surface area (TPSA) is 56.8 Å². The lowest BCUT2D eigenvalue weighted by Gasteiger charge is -2.24. The summed E-state index contributed by atoms with van der Waals surface area (Å²) in [6.45, 7) is 2.46. The molecule has 26 heavy (non-hydrogen) atoms. The summed E-state index contributed by atoms with van der Waals surface area (Å²) < 4.78 is 20.0. The summed E-state index contributed by atoms with van der Waals surface area (Å²) in [6.07, 6.45) is 0.248. The monoisotopic (exact) mass is 398 g/mol. The van der Waals surface area contributed by atoms with E-state index >= 15 is 0 Å². The highest BCUT2D eigenvalue weighted by Crippen LogP contribution is 2.29. The zero-order chi connectivity index (χ0) is 18.5. The third kappa shape index (κ3) is 4.50. The van der Waals surface area contributed by atoms with Gasteiger partial charge in [-0.25, -0.2) is 9.18 Å². The van der Waals surface area contributed by atoms with Crippen LogP contribution in [-0.2, 0) is 4.74 Å². The van der Waals surface area contributed by atoms with Crippen molar-refractivity contribution in [3.63, 3.8) is 0 Å². The highest BCUT2D eigenvalue weighted by atomic mass is 32.2. The Morgan fingerprint density at radius 3 is 3.04 bits per heavy atom. The van der Waals surface area contributed by atoms with Gasteiger partial charge < -0.3 is 20.3 Å². The number of carbonyl (C=O) groups is 1. The molecule has 2 aliphatic heterocycles. The van der Waals surface area contributed by atoms with Crippen molar-refractivity contribution in [2.24, 2.45) is 0 Å². The van der Waals surface area contributed by atoms with Crippen LogP contribution in [0.15, 0.2) is 18.2 Å². The van der Waals surface area contributed by atoms with E-state index in [1.807, 2.05) is 11.8 Å². The lowest BCUT2D eigenvalue weighted by atomic mass is 10.2. The summed E-state index contributed by atoms with van der Waals surface area (Å²) in [7, 11) is 1.72. The number of nitrogens with zero attached hydrogens (tertiary/aromatic N) is 2. The Balaban J connectivity index is 1.66. The second-order valence-electron chi connectivity index (χ2n) is 6.17. The highest BCUT2D eigenvalue weighted by Gasteiger charge is 2.32. The fourth-order valence-corrected chi connectivity index (χ4v) is 4.01. The van der Waals surface area contributed by atoms with Gasteiger partial charge in [0.15, 0.2) is 5.11 Å². The van der Waals surface area contributed by atoms with Gasteiger partial charge >= 0.3 is 6.09 Å². The molecule has 2 saturated heterocycles. The lowest BCUT2D eigenvalue weighted by molar-refractivity contribution is 0.143. The van der Waals surface area contributed by atoms with Crippen molar-refractivity contribution in [1.82, 2.24) is 10.6 Å². The van der Waals surface area contributed by atoms with Crippen LogP contribution in [0.2, 0.25) is 0 Å². The normalized spacial score (nSPS) is 20.5. The van der Waals surface area contributed by atoms with Crippen molar-refractivity contribution in [2.45, 2.75) is 12.5 Å². The van der Waals surface area contributed by atoms with Gasteiger partial charge in [0.25, 0.3) is 0 Å². The summed E-state index contributed by atoms with van der Waals surface area (Å²) >= 11 is 6.91. The smallest absolute Gasteiger partial charge is 0.414 e. The first-order chi connectivity index (χ1) is 12.6. The Morgan fingerprint density at radius 2 is 2.27 bits per heavy atom. The molecule has 2 fully saturated rings. The molecule has 2 heterocycles. The van der Waals surface area contributed by atoms with Crippen molar-refractivity contribution < 1.29 is 13.9 Å². The number of anilines is 2. The molecular formula is C17H23FN4O2S2. The first-order valence-electron chi connectivity index (χ1n) is 8.64. The van der Waals surface area contributed by atoms with Crippen molar-refractivity contribution in [3.05, 3.63) is 24.0 Å². The molecule has 9 heteroatoms. The minimum Gasteiger partial charge on any atom is -0.442 e. The molecule has 1 atom stereocenters. The summed E-state index contributed by atoms with van der Waals surface area (Å²) in [4.78, 5) is 15.7. The molecule has 3 rings (SSSR count). The molecule has 0 bridgehead atoms. The van der Waals surface area contributed by atoms with E-state index in [0.717, 1.165) is 31.0 Å². The van der Waals surface area contributed by atoms with Crippen LogP contribution in [0.3, 0.4) is 0 Å². The Labute approximate surface area is 162 Å². The second kappa shape index (κ2) is 8.77. The minimum atomic E-state index is -0.467. The van der Waals surface area contributed by atoms with Crippen LogP contribution >= 0.6 is 24.0 Å². The number of amides is 1. The number of halogens is 1. The van der Waals surface area contributed by atoms with Crippen molar-refractivity contribution in [2.75, 3.05) is 54.5 Å². The maximum atomic E-state index is 14.7. The first kappa shape index (κ1) is 19.0. The molecule has 1 aromatic rings. The Bertz CT molecular complexity index is 668. The maximum absolute atomic E-state index is 14.7. The summed E-state index contributed by atoms with van der Waals surface area (Å²) in [5.41, 5.74) is 1.11. The minimum absolute atomic E-state index is 0.305. The number of thiocarbonyl (C=S) groups is 1. The molecule has 2 N–H and O–H groups in total. The standard InChI is InChI=1S/C17H23FN4O2S2/c1-19-16(25)20-10-13-11-22(17(23)24-13)12-3-4-15(14(18)9-12)21-5-2-7-26-8-6-21/h3-4,9,13H,2,5-8,10-11H2,1H3,(H2,19,20,25)/t13-/m0/s1. The van der Waals surface area contributed by atoms with Gasteiger partial charge in [0.2, 0.25) is 0 Å². The third-order valence-corrected chi connectivity index (χ3v) is 5.79. The number of cyclic esters (lactones) is 1. The van der Waals surface area contributed by atoms with E-state index in [4.69, 9.17) is 17.0 Å². The van der Waals surface area contributed by atoms with Crippen molar-refractivity contribution >= 4 is 46.6 Å². The number of hydrogen-bond acceptors (Lipinski definition) is 5. The Hall–Kier alpha value is -1.74. The van der Waals surface area contributed by atoms with Gasteiger partial charge in [0.1, 0.15) is 11.9 Å². The van der Waals surface area contributed by atoms with Crippen molar-refractivity contribution in [1.29, 1.82) is 0 Å². The number of rotatable bonds is 4. The molecule has 0 aliphatic carbocycles. The number of nitrogens with one attached hydrogen (secondary N) is 2. The van der Waals surface area contributed by atoms with Crippen molar-refractivity contribution in [3.8, 4) is 0 Å². The zero-order valence-corrected chi connectivity index (χ0v) is 16.3. The van der Waals surface area contributed by atoms with Crippen LogP contribution in [0, 0.1) is 5.82 Å². The molecule has 6 nitrogen and oxygen atoms in total. The average Bonchev–Trinajstić information content (AvgIpc) is 2.83. The van der Waals surface area contributed by atoms with Crippen LogP contribution in [-0.4, -0.2) is 62.0 Å². The SMILES string of the molecule is CNC(=S)NC[C@H]1CN(c2ccc(N3CCCSCC3)c(F)c2)C(=O)O1. The Kier molecular flexibility index (Phi) is 6.42. The first-order valence-corrected chi connectivity index (χ1v) is 10.2. The largest absolute Gasteiger partial charge is 0.442 e. The molecule has 0 radical (unpaired) electrons. The maximum Gasteiger partial charge on any atom is 0.414 e. The number of benzene rings is 1. The molecule has 0 spiro atoms. The van der Waals surface area contributed by atoms with E-state index in [2.05, 4.69) is 15.5 Å². The molecular weight excluding hydrogens is 375 g/mol. The van der Waals surface area contributed by atoms with Gasteiger partial charge in [-0.3, -0.25) is 4.90 Å². The Morgan fingerprint density at radius 1 is 1.42 bits per heavy atom. The number of carbonyl (C=O) groups excluding carboxylic acids is 1.